The number of hydrogen-bond acceptors (Lipinski definition) is 11. The number of aliphatic hydroxyl groups is 6. The van der Waals surface area contributed by atoms with E-state index in [9.17, 15) is 40.2 Å². The second-order valence-corrected chi connectivity index (χ2v) is 6.72. The summed E-state index contributed by atoms with van der Waals surface area (Å²) in [4.78, 5) is 22.8. The van der Waals surface area contributed by atoms with Gasteiger partial charge in [0.2, 0.25) is 11.8 Å². The monoisotopic (exact) mass is 422 g/mol. The van der Waals surface area contributed by atoms with Crippen LogP contribution in [0.5, 0.6) is 0 Å². The lowest BCUT2D eigenvalue weighted by Crippen LogP contribution is -2.66. The van der Waals surface area contributed by atoms with E-state index in [4.69, 9.17) is 14.2 Å². The van der Waals surface area contributed by atoms with Crippen molar-refractivity contribution in [1.29, 1.82) is 0 Å². The van der Waals surface area contributed by atoms with Crippen LogP contribution in [0.4, 0.5) is 0 Å². The fourth-order valence-corrected chi connectivity index (χ4v) is 3.13. The molecule has 2 heterocycles. The lowest BCUT2D eigenvalue weighted by molar-refractivity contribution is -0.301. The van der Waals surface area contributed by atoms with Crippen molar-refractivity contribution >= 4 is 11.8 Å². The van der Waals surface area contributed by atoms with Crippen molar-refractivity contribution in [3.05, 3.63) is 11.6 Å². The van der Waals surface area contributed by atoms with Crippen molar-refractivity contribution in [2.75, 3.05) is 13.2 Å². The second-order valence-electron chi connectivity index (χ2n) is 6.72. The predicted molar refractivity (Wildman–Crippen MR) is 91.7 cm³/mol. The van der Waals surface area contributed by atoms with Gasteiger partial charge in [-0.15, -0.1) is 0 Å². The average molecular weight is 422 g/mol. The molecular weight excluding hydrogens is 396 g/mol. The molecule has 0 saturated carbocycles. The number of rotatable bonds is 6. The Labute approximate surface area is 165 Å². The van der Waals surface area contributed by atoms with Crippen LogP contribution in [0, 0.1) is 0 Å². The lowest BCUT2D eigenvalue weighted by atomic mass is 9.96. The summed E-state index contributed by atoms with van der Waals surface area (Å²) in [6.07, 6.45) is -10.3. The molecule has 0 unspecified atom stereocenters. The van der Waals surface area contributed by atoms with Gasteiger partial charge in [0.1, 0.15) is 42.3 Å². The summed E-state index contributed by atoms with van der Waals surface area (Å²) in [5.74, 6) is -2.03. The quantitative estimate of drug-likeness (QED) is 0.206. The van der Waals surface area contributed by atoms with E-state index >= 15 is 0 Å². The standard InChI is InChI=1S/C16H26N2O11/c1-5(21)17-9-13(25)14(8(4-20)27-15(9)26)29-16-10(18-6(2)22)12(24)11(23)7(3-19)28-16/h7-8,10-14,16,19-20,23-26H,3-4H2,1-2H3,(H,17,21)(H,18,22)/t7-,8-,10-,11-,12-,13-,14-,16+/m1/s1. The first kappa shape index (κ1) is 23.3. The van der Waals surface area contributed by atoms with Gasteiger partial charge in [-0.25, -0.2) is 0 Å². The smallest absolute Gasteiger partial charge is 0.300 e. The summed E-state index contributed by atoms with van der Waals surface area (Å²) in [7, 11) is 0. The minimum absolute atomic E-state index is 0.418. The summed E-state index contributed by atoms with van der Waals surface area (Å²) < 4.78 is 16.1. The summed E-state index contributed by atoms with van der Waals surface area (Å²) >= 11 is 0. The van der Waals surface area contributed by atoms with Crippen LogP contribution in [0.3, 0.4) is 0 Å². The molecule has 166 valence electrons. The molecule has 1 saturated heterocycles. The molecule has 8 N–H and O–H groups in total. The minimum atomic E-state index is -1.69. The topological polar surface area (TPSA) is 207 Å². The first-order chi connectivity index (χ1) is 13.6. The van der Waals surface area contributed by atoms with Gasteiger partial charge in [-0.3, -0.25) is 9.59 Å². The van der Waals surface area contributed by atoms with Gasteiger partial charge in [-0.05, 0) is 0 Å². The van der Waals surface area contributed by atoms with Crippen LogP contribution in [-0.2, 0) is 23.8 Å². The molecule has 0 spiro atoms. The lowest BCUT2D eigenvalue weighted by Gasteiger charge is -2.45. The Hall–Kier alpha value is -2.00. The average Bonchev–Trinajstić information content (AvgIpc) is 2.65. The Morgan fingerprint density at radius 1 is 1.03 bits per heavy atom. The van der Waals surface area contributed by atoms with Gasteiger partial charge in [0.25, 0.3) is 5.95 Å². The zero-order valence-corrected chi connectivity index (χ0v) is 15.8. The van der Waals surface area contributed by atoms with E-state index in [0.29, 0.717) is 0 Å². The van der Waals surface area contributed by atoms with Crippen molar-refractivity contribution in [2.24, 2.45) is 0 Å². The molecule has 0 aromatic rings. The van der Waals surface area contributed by atoms with Crippen molar-refractivity contribution < 1.29 is 54.4 Å². The molecule has 0 bridgehead atoms. The fourth-order valence-electron chi connectivity index (χ4n) is 3.13. The maximum Gasteiger partial charge on any atom is 0.300 e. The molecule has 0 radical (unpaired) electrons. The van der Waals surface area contributed by atoms with Gasteiger partial charge in [0.15, 0.2) is 12.4 Å². The molecule has 13 nitrogen and oxygen atoms in total. The van der Waals surface area contributed by atoms with Crippen molar-refractivity contribution in [1.82, 2.24) is 10.6 Å². The molecule has 8 atom stereocenters. The maximum atomic E-state index is 11.5. The van der Waals surface area contributed by atoms with Crippen molar-refractivity contribution in [3.63, 3.8) is 0 Å². The van der Waals surface area contributed by atoms with Crippen LogP contribution in [0.2, 0.25) is 0 Å². The summed E-state index contributed by atoms with van der Waals surface area (Å²) in [6, 6.07) is -1.31. The van der Waals surface area contributed by atoms with Gasteiger partial charge in [-0.2, -0.15) is 0 Å². The Kier molecular flexibility index (Phi) is 7.76. The van der Waals surface area contributed by atoms with Crippen LogP contribution in [-0.4, -0.2) is 105 Å². The molecule has 2 rings (SSSR count). The van der Waals surface area contributed by atoms with E-state index in [1.807, 2.05) is 0 Å². The number of ether oxygens (including phenoxy) is 3. The highest BCUT2D eigenvalue weighted by molar-refractivity contribution is 5.75. The van der Waals surface area contributed by atoms with Crippen LogP contribution in [0.15, 0.2) is 11.6 Å². The number of aliphatic hydroxyl groups excluding tert-OH is 6. The predicted octanol–water partition coefficient (Wildman–Crippen LogP) is -4.07. The highest BCUT2D eigenvalue weighted by Crippen LogP contribution is 2.29. The largest absolute Gasteiger partial charge is 0.480 e. The molecule has 0 aromatic carbocycles. The number of carbonyl (C=O) groups excluding carboxylic acids is 2. The van der Waals surface area contributed by atoms with Gasteiger partial charge in [-0.1, -0.05) is 0 Å². The normalized spacial score (nSPS) is 37.6. The third-order valence-corrected chi connectivity index (χ3v) is 4.50. The zero-order chi connectivity index (χ0) is 21.9. The van der Waals surface area contributed by atoms with Crippen LogP contribution in [0.25, 0.3) is 0 Å². The Balaban J connectivity index is 2.30. The Morgan fingerprint density at radius 3 is 2.17 bits per heavy atom. The number of hydrogen-bond donors (Lipinski definition) is 8. The van der Waals surface area contributed by atoms with Crippen LogP contribution < -0.4 is 10.6 Å². The third kappa shape index (κ3) is 5.14. The molecule has 29 heavy (non-hydrogen) atoms. The van der Waals surface area contributed by atoms with E-state index < -0.39 is 85.6 Å². The van der Waals surface area contributed by atoms with Crippen LogP contribution in [0.1, 0.15) is 13.8 Å². The van der Waals surface area contributed by atoms with E-state index in [1.54, 1.807) is 0 Å². The van der Waals surface area contributed by atoms with Gasteiger partial charge >= 0.3 is 0 Å². The van der Waals surface area contributed by atoms with Crippen LogP contribution >= 0.6 is 0 Å². The van der Waals surface area contributed by atoms with Gasteiger partial charge in [0.05, 0.1) is 13.2 Å². The fraction of sp³-hybridized carbons (Fsp3) is 0.750. The summed E-state index contributed by atoms with van der Waals surface area (Å²) in [6.45, 7) is 0.877. The Morgan fingerprint density at radius 2 is 1.66 bits per heavy atom. The first-order valence-electron chi connectivity index (χ1n) is 8.82. The minimum Gasteiger partial charge on any atom is -0.480 e. The molecule has 13 heteroatoms. The summed E-state index contributed by atoms with van der Waals surface area (Å²) in [5.41, 5.74) is -0.418. The third-order valence-electron chi connectivity index (χ3n) is 4.50. The highest BCUT2D eigenvalue weighted by Gasteiger charge is 2.49. The second kappa shape index (κ2) is 9.67. The number of carbonyl (C=O) groups is 2. The molecule has 1 fully saturated rings. The highest BCUT2D eigenvalue weighted by atomic mass is 16.7. The molecule has 2 aliphatic heterocycles. The maximum absolute atomic E-state index is 11.5. The molecule has 2 aliphatic rings. The first-order valence-corrected chi connectivity index (χ1v) is 8.82. The van der Waals surface area contributed by atoms with Gasteiger partial charge in [0, 0.05) is 13.8 Å². The molecule has 0 aromatic heterocycles. The molecule has 0 aliphatic carbocycles. The van der Waals surface area contributed by atoms with E-state index in [0.717, 1.165) is 13.8 Å². The molecule has 2 amide bonds. The molecular formula is C16H26N2O11. The van der Waals surface area contributed by atoms with Gasteiger partial charge < -0.3 is 55.5 Å². The Bertz CT molecular complexity index is 642. The summed E-state index contributed by atoms with van der Waals surface area (Å²) in [5, 5.41) is 64.1. The zero-order valence-electron chi connectivity index (χ0n) is 15.8. The van der Waals surface area contributed by atoms with Crippen molar-refractivity contribution in [2.45, 2.75) is 62.8 Å². The SMILES string of the molecule is CC(=O)NC1=C(O)O[C@H](CO)[C@@H](O[C@@H]2O[C@H](CO)[C@@H](O)[C@H](O)[C@H]2NC(C)=O)[C@@H]1O. The van der Waals surface area contributed by atoms with E-state index in [2.05, 4.69) is 10.6 Å². The van der Waals surface area contributed by atoms with E-state index in [-0.39, 0.29) is 0 Å². The van der Waals surface area contributed by atoms with E-state index in [1.165, 1.54) is 0 Å². The number of nitrogens with one attached hydrogen (secondary N) is 2. The van der Waals surface area contributed by atoms with Crippen molar-refractivity contribution in [3.8, 4) is 0 Å². The number of amides is 2.